The van der Waals surface area contributed by atoms with E-state index < -0.39 is 0 Å². The summed E-state index contributed by atoms with van der Waals surface area (Å²) in [4.78, 5) is 0. The topological polar surface area (TPSA) is 32.3 Å². The predicted molar refractivity (Wildman–Crippen MR) is 58.9 cm³/mol. The van der Waals surface area contributed by atoms with Crippen molar-refractivity contribution in [1.82, 2.24) is 0 Å². The third-order valence-electron chi connectivity index (χ3n) is 1.84. The molecule has 1 atom stereocenters. The highest BCUT2D eigenvalue weighted by atomic mass is 79.9. The quantitative estimate of drug-likeness (QED) is 0.853. The SMILES string of the molecule is CC[C@H](O)CNc1cccc(Br)c1. The molecule has 1 aromatic carbocycles. The lowest BCUT2D eigenvalue weighted by atomic mass is 10.2. The zero-order valence-corrected chi connectivity index (χ0v) is 9.21. The Morgan fingerprint density at radius 3 is 2.92 bits per heavy atom. The van der Waals surface area contributed by atoms with Crippen LogP contribution in [0.15, 0.2) is 28.7 Å². The van der Waals surface area contributed by atoms with Crippen molar-refractivity contribution in [2.45, 2.75) is 19.4 Å². The molecule has 0 fully saturated rings. The number of halogens is 1. The van der Waals surface area contributed by atoms with Crippen molar-refractivity contribution < 1.29 is 5.11 Å². The summed E-state index contributed by atoms with van der Waals surface area (Å²) in [6.07, 6.45) is 0.514. The Kier molecular flexibility index (Phi) is 4.25. The first kappa shape index (κ1) is 10.5. The third-order valence-corrected chi connectivity index (χ3v) is 2.33. The smallest absolute Gasteiger partial charge is 0.0709 e. The van der Waals surface area contributed by atoms with Crippen molar-refractivity contribution in [3.05, 3.63) is 28.7 Å². The molecule has 0 aliphatic carbocycles. The van der Waals surface area contributed by atoms with Crippen molar-refractivity contribution >= 4 is 21.6 Å². The Balaban J connectivity index is 2.45. The summed E-state index contributed by atoms with van der Waals surface area (Å²) in [5.41, 5.74) is 1.03. The average Bonchev–Trinajstić information content (AvgIpc) is 2.14. The molecule has 0 amide bonds. The Bertz CT molecular complexity index is 265. The van der Waals surface area contributed by atoms with Gasteiger partial charge in [-0.1, -0.05) is 28.9 Å². The van der Waals surface area contributed by atoms with Gasteiger partial charge in [-0.2, -0.15) is 0 Å². The van der Waals surface area contributed by atoms with Gasteiger partial charge in [0, 0.05) is 16.7 Å². The van der Waals surface area contributed by atoms with Gasteiger partial charge in [0.25, 0.3) is 0 Å². The highest BCUT2D eigenvalue weighted by molar-refractivity contribution is 9.10. The van der Waals surface area contributed by atoms with Crippen LogP contribution in [0.25, 0.3) is 0 Å². The van der Waals surface area contributed by atoms with E-state index in [4.69, 9.17) is 0 Å². The second-order valence-corrected chi connectivity index (χ2v) is 3.87. The fourth-order valence-corrected chi connectivity index (χ4v) is 1.38. The normalized spacial score (nSPS) is 12.5. The van der Waals surface area contributed by atoms with Crippen LogP contribution in [0.5, 0.6) is 0 Å². The molecular formula is C10H14BrNO. The summed E-state index contributed by atoms with van der Waals surface area (Å²) in [5.74, 6) is 0. The molecule has 0 aliphatic heterocycles. The molecule has 0 aliphatic rings. The largest absolute Gasteiger partial charge is 0.391 e. The molecule has 2 N–H and O–H groups in total. The number of aliphatic hydroxyl groups is 1. The van der Waals surface area contributed by atoms with Crippen LogP contribution in [0.1, 0.15) is 13.3 Å². The summed E-state index contributed by atoms with van der Waals surface area (Å²) < 4.78 is 1.04. The second kappa shape index (κ2) is 5.25. The monoisotopic (exact) mass is 243 g/mol. The van der Waals surface area contributed by atoms with Crippen LogP contribution >= 0.6 is 15.9 Å². The summed E-state index contributed by atoms with van der Waals surface area (Å²) in [7, 11) is 0. The molecule has 0 spiro atoms. The van der Waals surface area contributed by atoms with E-state index in [-0.39, 0.29) is 6.10 Å². The first-order valence-electron chi connectivity index (χ1n) is 4.40. The summed E-state index contributed by atoms with van der Waals surface area (Å²) >= 11 is 3.38. The van der Waals surface area contributed by atoms with Crippen LogP contribution in [0, 0.1) is 0 Å². The van der Waals surface area contributed by atoms with Gasteiger partial charge < -0.3 is 10.4 Å². The molecule has 0 bridgehead atoms. The van der Waals surface area contributed by atoms with Crippen LogP contribution in [0.4, 0.5) is 5.69 Å². The Labute approximate surface area is 87.1 Å². The standard InChI is InChI=1S/C10H14BrNO/c1-2-10(13)7-12-9-5-3-4-8(11)6-9/h3-6,10,12-13H,2,7H2,1H3/t10-/m0/s1. The lowest BCUT2D eigenvalue weighted by Crippen LogP contribution is -2.17. The first-order chi connectivity index (χ1) is 6.22. The van der Waals surface area contributed by atoms with Gasteiger partial charge >= 0.3 is 0 Å². The number of rotatable bonds is 4. The van der Waals surface area contributed by atoms with Crippen molar-refractivity contribution in [1.29, 1.82) is 0 Å². The lowest BCUT2D eigenvalue weighted by Gasteiger charge is -2.10. The molecule has 0 heterocycles. The minimum absolute atomic E-state index is 0.265. The highest BCUT2D eigenvalue weighted by Gasteiger charge is 1.99. The fraction of sp³-hybridized carbons (Fsp3) is 0.400. The van der Waals surface area contributed by atoms with Gasteiger partial charge in [0.1, 0.15) is 0 Å². The Morgan fingerprint density at radius 2 is 2.31 bits per heavy atom. The van der Waals surface area contributed by atoms with E-state index in [9.17, 15) is 5.11 Å². The zero-order chi connectivity index (χ0) is 9.68. The van der Waals surface area contributed by atoms with Gasteiger partial charge in [0.15, 0.2) is 0 Å². The minimum Gasteiger partial charge on any atom is -0.391 e. The Hall–Kier alpha value is -0.540. The number of benzene rings is 1. The first-order valence-corrected chi connectivity index (χ1v) is 5.19. The van der Waals surface area contributed by atoms with E-state index in [0.717, 1.165) is 16.6 Å². The second-order valence-electron chi connectivity index (χ2n) is 2.95. The summed E-state index contributed by atoms with van der Waals surface area (Å²) in [5, 5.41) is 12.5. The van der Waals surface area contributed by atoms with Crippen molar-refractivity contribution in [2.24, 2.45) is 0 Å². The van der Waals surface area contributed by atoms with Gasteiger partial charge in [0.2, 0.25) is 0 Å². The van der Waals surface area contributed by atoms with Crippen LogP contribution in [-0.2, 0) is 0 Å². The molecule has 0 unspecified atom stereocenters. The van der Waals surface area contributed by atoms with Crippen LogP contribution < -0.4 is 5.32 Å². The number of aliphatic hydroxyl groups excluding tert-OH is 1. The van der Waals surface area contributed by atoms with E-state index in [1.807, 2.05) is 31.2 Å². The van der Waals surface area contributed by atoms with Gasteiger partial charge in [0.05, 0.1) is 6.10 Å². The van der Waals surface area contributed by atoms with Gasteiger partial charge in [-0.25, -0.2) is 0 Å². The van der Waals surface area contributed by atoms with E-state index >= 15 is 0 Å². The van der Waals surface area contributed by atoms with Crippen LogP contribution in [-0.4, -0.2) is 17.8 Å². The average molecular weight is 244 g/mol. The van der Waals surface area contributed by atoms with Gasteiger partial charge in [-0.15, -0.1) is 0 Å². The maximum Gasteiger partial charge on any atom is 0.0709 e. The Morgan fingerprint density at radius 1 is 1.54 bits per heavy atom. The summed E-state index contributed by atoms with van der Waals surface area (Å²) in [6, 6.07) is 7.90. The molecule has 0 saturated heterocycles. The fourth-order valence-electron chi connectivity index (χ4n) is 0.978. The zero-order valence-electron chi connectivity index (χ0n) is 7.63. The maximum absolute atomic E-state index is 9.31. The molecule has 2 nitrogen and oxygen atoms in total. The maximum atomic E-state index is 9.31. The predicted octanol–water partition coefficient (Wildman–Crippen LogP) is 2.63. The van der Waals surface area contributed by atoms with E-state index in [0.29, 0.717) is 6.54 Å². The van der Waals surface area contributed by atoms with Gasteiger partial charge in [-0.05, 0) is 24.6 Å². The number of hydrogen-bond acceptors (Lipinski definition) is 2. The molecule has 1 aromatic rings. The summed E-state index contributed by atoms with van der Waals surface area (Å²) in [6.45, 7) is 2.57. The minimum atomic E-state index is -0.265. The molecular weight excluding hydrogens is 230 g/mol. The molecule has 0 radical (unpaired) electrons. The van der Waals surface area contributed by atoms with E-state index in [2.05, 4.69) is 21.2 Å². The number of hydrogen-bond donors (Lipinski definition) is 2. The molecule has 72 valence electrons. The number of nitrogens with one attached hydrogen (secondary N) is 1. The molecule has 0 saturated carbocycles. The van der Waals surface area contributed by atoms with Crippen molar-refractivity contribution in [3.8, 4) is 0 Å². The van der Waals surface area contributed by atoms with Crippen LogP contribution in [0.3, 0.4) is 0 Å². The van der Waals surface area contributed by atoms with Gasteiger partial charge in [-0.3, -0.25) is 0 Å². The van der Waals surface area contributed by atoms with Crippen molar-refractivity contribution in [2.75, 3.05) is 11.9 Å². The lowest BCUT2D eigenvalue weighted by molar-refractivity contribution is 0.183. The number of anilines is 1. The molecule has 0 aromatic heterocycles. The molecule has 1 rings (SSSR count). The van der Waals surface area contributed by atoms with E-state index in [1.54, 1.807) is 0 Å². The molecule has 13 heavy (non-hydrogen) atoms. The highest BCUT2D eigenvalue weighted by Crippen LogP contribution is 2.15. The van der Waals surface area contributed by atoms with E-state index in [1.165, 1.54) is 0 Å². The molecule has 3 heteroatoms. The van der Waals surface area contributed by atoms with Crippen molar-refractivity contribution in [3.63, 3.8) is 0 Å². The van der Waals surface area contributed by atoms with Crippen LogP contribution in [0.2, 0.25) is 0 Å². The third kappa shape index (κ3) is 3.79.